The summed E-state index contributed by atoms with van der Waals surface area (Å²) in [5, 5.41) is 2.91. The van der Waals surface area contributed by atoms with Crippen LogP contribution in [-0.2, 0) is 4.79 Å². The maximum Gasteiger partial charge on any atom is 0.241 e. The molecule has 0 unspecified atom stereocenters. The molecular weight excluding hydrogens is 257 g/mol. The molecule has 0 aromatic heterocycles. The number of hydrogen-bond acceptors (Lipinski definition) is 3. The summed E-state index contributed by atoms with van der Waals surface area (Å²) in [6.07, 6.45) is 0.891. The molecule has 1 atom stereocenters. The van der Waals surface area contributed by atoms with E-state index in [9.17, 15) is 9.18 Å². The molecule has 5 heteroatoms. The van der Waals surface area contributed by atoms with Gasteiger partial charge in [0.2, 0.25) is 5.91 Å². The number of rotatable bonds is 7. The maximum atomic E-state index is 13.3. The van der Waals surface area contributed by atoms with Crippen LogP contribution in [0.2, 0.25) is 0 Å². The third-order valence-corrected chi connectivity index (χ3v) is 3.01. The normalized spacial score (nSPS) is 12.8. The van der Waals surface area contributed by atoms with Crippen molar-refractivity contribution in [1.29, 1.82) is 0 Å². The Hall–Kier alpha value is -1.46. The summed E-state index contributed by atoms with van der Waals surface area (Å²) in [7, 11) is 7.62. The van der Waals surface area contributed by atoms with Gasteiger partial charge in [0.1, 0.15) is 11.9 Å². The molecule has 0 aliphatic heterocycles. The van der Waals surface area contributed by atoms with Crippen LogP contribution in [0.15, 0.2) is 24.3 Å². The third-order valence-electron chi connectivity index (χ3n) is 3.01. The highest BCUT2D eigenvalue weighted by atomic mass is 19.1. The van der Waals surface area contributed by atoms with E-state index in [4.69, 9.17) is 0 Å². The summed E-state index contributed by atoms with van der Waals surface area (Å²) in [4.78, 5) is 16.1. The Morgan fingerprint density at radius 2 is 2.00 bits per heavy atom. The second kappa shape index (κ2) is 7.97. The Balaban J connectivity index is 2.64. The highest BCUT2D eigenvalue weighted by Crippen LogP contribution is 2.19. The predicted octanol–water partition coefficient (Wildman–Crippen LogP) is 1.50. The van der Waals surface area contributed by atoms with Gasteiger partial charge in [-0.3, -0.25) is 9.69 Å². The van der Waals surface area contributed by atoms with Gasteiger partial charge in [-0.15, -0.1) is 0 Å². The maximum absolute atomic E-state index is 13.3. The Bertz CT molecular complexity index is 435. The van der Waals surface area contributed by atoms with Gasteiger partial charge in [-0.05, 0) is 58.9 Å². The minimum Gasteiger partial charge on any atom is -0.354 e. The first-order valence-electron chi connectivity index (χ1n) is 6.76. The molecule has 0 heterocycles. The molecule has 0 saturated heterocycles. The molecule has 0 fully saturated rings. The van der Waals surface area contributed by atoms with E-state index < -0.39 is 6.04 Å². The molecule has 1 aromatic rings. The van der Waals surface area contributed by atoms with Gasteiger partial charge in [0.05, 0.1) is 0 Å². The van der Waals surface area contributed by atoms with Crippen LogP contribution in [0, 0.1) is 5.82 Å². The molecule has 0 aliphatic rings. The smallest absolute Gasteiger partial charge is 0.241 e. The summed E-state index contributed by atoms with van der Waals surface area (Å²) in [6, 6.07) is 5.72. The van der Waals surface area contributed by atoms with Crippen molar-refractivity contribution in [3.8, 4) is 0 Å². The number of nitrogens with one attached hydrogen (secondary N) is 1. The first kappa shape index (κ1) is 16.6. The van der Waals surface area contributed by atoms with Crippen molar-refractivity contribution >= 4 is 5.91 Å². The number of likely N-dealkylation sites (N-methyl/N-ethyl adjacent to an activating group) is 1. The number of nitrogens with zero attached hydrogens (tertiary/aromatic N) is 2. The first-order chi connectivity index (χ1) is 9.41. The minimum absolute atomic E-state index is 0.0978. The number of carbonyl (C=O) groups excluding carboxylic acids is 1. The summed E-state index contributed by atoms with van der Waals surface area (Å²) in [5.74, 6) is -0.422. The van der Waals surface area contributed by atoms with E-state index in [1.807, 2.05) is 28.2 Å². The van der Waals surface area contributed by atoms with Gasteiger partial charge in [0.15, 0.2) is 0 Å². The summed E-state index contributed by atoms with van der Waals surface area (Å²) >= 11 is 0. The van der Waals surface area contributed by atoms with E-state index in [0.29, 0.717) is 12.1 Å². The van der Waals surface area contributed by atoms with Crippen molar-refractivity contribution < 1.29 is 9.18 Å². The molecule has 1 N–H and O–H groups in total. The topological polar surface area (TPSA) is 35.6 Å². The zero-order valence-electron chi connectivity index (χ0n) is 12.7. The molecule has 112 valence electrons. The largest absolute Gasteiger partial charge is 0.354 e. The average Bonchev–Trinajstić information content (AvgIpc) is 2.34. The fraction of sp³-hybridized carbons (Fsp3) is 0.533. The van der Waals surface area contributed by atoms with Gasteiger partial charge in [-0.25, -0.2) is 4.39 Å². The summed E-state index contributed by atoms with van der Waals surface area (Å²) in [6.45, 7) is 1.55. The lowest BCUT2D eigenvalue weighted by atomic mass is 10.1. The van der Waals surface area contributed by atoms with Crippen LogP contribution in [0.1, 0.15) is 18.0 Å². The zero-order valence-corrected chi connectivity index (χ0v) is 12.7. The molecule has 1 amide bonds. The quantitative estimate of drug-likeness (QED) is 0.769. The van der Waals surface area contributed by atoms with Crippen LogP contribution in [0.3, 0.4) is 0 Å². The van der Waals surface area contributed by atoms with Crippen LogP contribution < -0.4 is 5.32 Å². The van der Waals surface area contributed by atoms with E-state index in [1.165, 1.54) is 12.1 Å². The van der Waals surface area contributed by atoms with Crippen molar-refractivity contribution in [3.63, 3.8) is 0 Å². The molecule has 0 aliphatic carbocycles. The Labute approximate surface area is 120 Å². The predicted molar refractivity (Wildman–Crippen MR) is 79.0 cm³/mol. The first-order valence-corrected chi connectivity index (χ1v) is 6.76. The molecule has 0 radical (unpaired) electrons. The molecular formula is C15H24FN3O. The number of hydrogen-bond donors (Lipinski definition) is 1. The monoisotopic (exact) mass is 281 g/mol. The Morgan fingerprint density at radius 1 is 1.30 bits per heavy atom. The SMILES string of the molecule is CN(C)CCCNC(=O)[C@@H](c1cccc(F)c1)N(C)C. The second-order valence-electron chi connectivity index (χ2n) is 5.37. The van der Waals surface area contributed by atoms with E-state index in [2.05, 4.69) is 10.2 Å². The average molecular weight is 281 g/mol. The van der Waals surface area contributed by atoms with E-state index >= 15 is 0 Å². The Morgan fingerprint density at radius 3 is 2.55 bits per heavy atom. The minimum atomic E-state index is -0.468. The van der Waals surface area contributed by atoms with Crippen molar-refractivity contribution in [1.82, 2.24) is 15.1 Å². The van der Waals surface area contributed by atoms with Crippen molar-refractivity contribution in [2.75, 3.05) is 41.3 Å². The van der Waals surface area contributed by atoms with Crippen molar-refractivity contribution in [3.05, 3.63) is 35.6 Å². The molecule has 20 heavy (non-hydrogen) atoms. The molecule has 1 aromatic carbocycles. The molecule has 0 spiro atoms. The van der Waals surface area contributed by atoms with Crippen LogP contribution in [0.4, 0.5) is 4.39 Å². The lowest BCUT2D eigenvalue weighted by molar-refractivity contribution is -0.125. The Kier molecular flexibility index (Phi) is 6.61. The third kappa shape index (κ3) is 5.27. The molecule has 0 bridgehead atoms. The fourth-order valence-corrected chi connectivity index (χ4v) is 2.06. The standard InChI is InChI=1S/C15H24FN3O/c1-18(2)10-6-9-17-15(20)14(19(3)4)12-7-5-8-13(16)11-12/h5,7-8,11,14H,6,9-10H2,1-4H3,(H,17,20)/t14-/m1/s1. The van der Waals surface area contributed by atoms with Gasteiger partial charge in [0, 0.05) is 6.54 Å². The van der Waals surface area contributed by atoms with Gasteiger partial charge in [-0.1, -0.05) is 12.1 Å². The van der Waals surface area contributed by atoms with Crippen LogP contribution in [-0.4, -0.2) is 57.0 Å². The lowest BCUT2D eigenvalue weighted by Crippen LogP contribution is -2.38. The van der Waals surface area contributed by atoms with Crippen LogP contribution in [0.25, 0.3) is 0 Å². The van der Waals surface area contributed by atoms with E-state index in [-0.39, 0.29) is 11.7 Å². The second-order valence-corrected chi connectivity index (χ2v) is 5.37. The number of carbonyl (C=O) groups is 1. The number of benzene rings is 1. The summed E-state index contributed by atoms with van der Waals surface area (Å²) < 4.78 is 13.3. The van der Waals surface area contributed by atoms with Gasteiger partial charge in [-0.2, -0.15) is 0 Å². The number of halogens is 1. The summed E-state index contributed by atoms with van der Waals surface area (Å²) in [5.41, 5.74) is 0.667. The fourth-order valence-electron chi connectivity index (χ4n) is 2.06. The molecule has 1 rings (SSSR count). The van der Waals surface area contributed by atoms with Crippen molar-refractivity contribution in [2.24, 2.45) is 0 Å². The van der Waals surface area contributed by atoms with Gasteiger partial charge >= 0.3 is 0 Å². The van der Waals surface area contributed by atoms with Crippen molar-refractivity contribution in [2.45, 2.75) is 12.5 Å². The van der Waals surface area contributed by atoms with Crippen LogP contribution >= 0.6 is 0 Å². The number of amides is 1. The highest BCUT2D eigenvalue weighted by molar-refractivity contribution is 5.83. The molecule has 4 nitrogen and oxygen atoms in total. The highest BCUT2D eigenvalue weighted by Gasteiger charge is 2.22. The molecule has 0 saturated carbocycles. The van der Waals surface area contributed by atoms with E-state index in [0.717, 1.165) is 13.0 Å². The van der Waals surface area contributed by atoms with Gasteiger partial charge in [0.25, 0.3) is 0 Å². The lowest BCUT2D eigenvalue weighted by Gasteiger charge is -2.24. The van der Waals surface area contributed by atoms with E-state index in [1.54, 1.807) is 17.0 Å². The zero-order chi connectivity index (χ0) is 15.1. The van der Waals surface area contributed by atoms with Gasteiger partial charge < -0.3 is 10.2 Å². The van der Waals surface area contributed by atoms with Crippen LogP contribution in [0.5, 0.6) is 0 Å².